The van der Waals surface area contributed by atoms with E-state index in [4.69, 9.17) is 10.8 Å². The second kappa shape index (κ2) is 6.92. The molecule has 0 spiro atoms. The number of amides is 3. The predicted molar refractivity (Wildman–Crippen MR) is 77.0 cm³/mol. The van der Waals surface area contributed by atoms with Gasteiger partial charge in [-0.15, -0.1) is 0 Å². The minimum atomic E-state index is -0.450. The molecule has 0 aliphatic carbocycles. The third-order valence-corrected chi connectivity index (χ3v) is 3.64. The van der Waals surface area contributed by atoms with Crippen LogP contribution in [-0.2, 0) is 4.79 Å². The van der Waals surface area contributed by atoms with Gasteiger partial charge in [0.15, 0.2) is 0 Å². The molecule has 1 heterocycles. The van der Waals surface area contributed by atoms with Crippen molar-refractivity contribution in [1.29, 1.82) is 0 Å². The van der Waals surface area contributed by atoms with E-state index < -0.39 is 11.4 Å². The van der Waals surface area contributed by atoms with Gasteiger partial charge in [0.25, 0.3) is 0 Å². The van der Waals surface area contributed by atoms with Gasteiger partial charge < -0.3 is 21.1 Å². The van der Waals surface area contributed by atoms with Gasteiger partial charge in [-0.05, 0) is 25.2 Å². The van der Waals surface area contributed by atoms with Crippen molar-refractivity contribution in [1.82, 2.24) is 10.2 Å². The lowest BCUT2D eigenvalue weighted by molar-refractivity contribution is -0.129. The summed E-state index contributed by atoms with van der Waals surface area (Å²) in [5, 5.41) is 11.9. The lowest BCUT2D eigenvalue weighted by Crippen LogP contribution is -2.55. The molecule has 3 amide bonds. The average molecular weight is 285 g/mol. The van der Waals surface area contributed by atoms with Crippen molar-refractivity contribution in [2.75, 3.05) is 19.7 Å². The first kappa shape index (κ1) is 16.8. The number of urea groups is 1. The van der Waals surface area contributed by atoms with Crippen LogP contribution < -0.4 is 11.1 Å². The van der Waals surface area contributed by atoms with Crippen molar-refractivity contribution in [3.05, 3.63) is 0 Å². The topological polar surface area (TPSA) is 95.7 Å². The van der Waals surface area contributed by atoms with Crippen LogP contribution in [0.25, 0.3) is 0 Å². The van der Waals surface area contributed by atoms with E-state index in [1.165, 1.54) is 0 Å². The molecular formula is C14H27N3O3. The van der Waals surface area contributed by atoms with Crippen molar-refractivity contribution >= 4 is 11.9 Å². The summed E-state index contributed by atoms with van der Waals surface area (Å²) >= 11 is 0. The summed E-state index contributed by atoms with van der Waals surface area (Å²) < 4.78 is 0. The van der Waals surface area contributed by atoms with E-state index in [-0.39, 0.29) is 24.5 Å². The molecule has 0 aromatic carbocycles. The number of likely N-dealkylation sites (tertiary alicyclic amines) is 1. The van der Waals surface area contributed by atoms with Crippen LogP contribution in [-0.4, -0.2) is 47.7 Å². The number of carbonyl (C=O) groups excluding carboxylic acids is 2. The predicted octanol–water partition coefficient (Wildman–Crippen LogP) is 0.690. The minimum absolute atomic E-state index is 0.0188. The number of aliphatic hydroxyl groups is 1. The fraction of sp³-hybridized carbons (Fsp3) is 0.857. The molecule has 6 nitrogen and oxygen atoms in total. The van der Waals surface area contributed by atoms with Crippen LogP contribution in [0.4, 0.5) is 4.79 Å². The molecule has 1 aliphatic rings. The minimum Gasteiger partial charge on any atom is -0.396 e. The molecule has 0 saturated carbocycles. The lowest BCUT2D eigenvalue weighted by atomic mass is 9.89. The third kappa shape index (κ3) is 5.00. The summed E-state index contributed by atoms with van der Waals surface area (Å²) in [6.45, 7) is 6.80. The summed E-state index contributed by atoms with van der Waals surface area (Å²) in [6.07, 6.45) is 2.37. The Morgan fingerprint density at radius 2 is 2.00 bits per heavy atom. The maximum absolute atomic E-state index is 12.0. The largest absolute Gasteiger partial charge is 0.396 e. The van der Waals surface area contributed by atoms with Crippen molar-refractivity contribution in [2.45, 2.75) is 46.1 Å². The van der Waals surface area contributed by atoms with Crippen LogP contribution in [0.2, 0.25) is 0 Å². The van der Waals surface area contributed by atoms with Gasteiger partial charge in [-0.3, -0.25) is 4.79 Å². The number of primary amides is 1. The third-order valence-electron chi connectivity index (χ3n) is 3.64. The van der Waals surface area contributed by atoms with Gasteiger partial charge in [0.2, 0.25) is 5.91 Å². The van der Waals surface area contributed by atoms with Gasteiger partial charge in [0.1, 0.15) is 0 Å². The zero-order chi connectivity index (χ0) is 15.3. The van der Waals surface area contributed by atoms with Gasteiger partial charge in [0.05, 0.1) is 0 Å². The van der Waals surface area contributed by atoms with Crippen LogP contribution in [0.5, 0.6) is 0 Å². The standard InChI is InChI=1S/C14H27N3O3/c1-14(2,3)12(19)16-11-7-10(5-4-6-18)8-17(9-11)13(15)20/h10-11,18H,4-9H2,1-3H3,(H2,15,20)(H,16,19). The highest BCUT2D eigenvalue weighted by molar-refractivity contribution is 5.81. The monoisotopic (exact) mass is 285 g/mol. The fourth-order valence-corrected chi connectivity index (χ4v) is 2.48. The maximum Gasteiger partial charge on any atom is 0.314 e. The maximum atomic E-state index is 12.0. The Kier molecular flexibility index (Phi) is 5.80. The van der Waals surface area contributed by atoms with Crippen LogP contribution >= 0.6 is 0 Å². The molecule has 0 radical (unpaired) electrons. The first-order valence-corrected chi connectivity index (χ1v) is 7.20. The molecule has 0 aromatic heterocycles. The zero-order valence-electron chi connectivity index (χ0n) is 12.7. The Bertz CT molecular complexity index is 352. The lowest BCUT2D eigenvalue weighted by Gasteiger charge is -2.38. The molecule has 116 valence electrons. The van der Waals surface area contributed by atoms with Crippen molar-refractivity contribution < 1.29 is 14.7 Å². The van der Waals surface area contributed by atoms with Crippen molar-refractivity contribution in [2.24, 2.45) is 17.1 Å². The number of hydrogen-bond donors (Lipinski definition) is 3. The number of nitrogens with zero attached hydrogens (tertiary/aromatic N) is 1. The SMILES string of the molecule is CC(C)(C)C(=O)NC1CC(CCCO)CN(C(N)=O)C1. The molecule has 1 rings (SSSR count). The second-order valence-electron chi connectivity index (χ2n) is 6.63. The highest BCUT2D eigenvalue weighted by atomic mass is 16.3. The van der Waals surface area contributed by atoms with Gasteiger partial charge in [-0.25, -0.2) is 4.79 Å². The van der Waals surface area contributed by atoms with Crippen LogP contribution in [0, 0.1) is 11.3 Å². The number of nitrogens with one attached hydrogen (secondary N) is 1. The van der Waals surface area contributed by atoms with Crippen LogP contribution in [0.15, 0.2) is 0 Å². The molecular weight excluding hydrogens is 258 g/mol. The number of nitrogens with two attached hydrogens (primary N) is 1. The van der Waals surface area contributed by atoms with Gasteiger partial charge in [-0.2, -0.15) is 0 Å². The van der Waals surface area contributed by atoms with Crippen molar-refractivity contribution in [3.8, 4) is 0 Å². The van der Waals surface area contributed by atoms with E-state index in [1.54, 1.807) is 4.90 Å². The van der Waals surface area contributed by atoms with Crippen molar-refractivity contribution in [3.63, 3.8) is 0 Å². The molecule has 6 heteroatoms. The second-order valence-corrected chi connectivity index (χ2v) is 6.63. The molecule has 1 saturated heterocycles. The fourth-order valence-electron chi connectivity index (χ4n) is 2.48. The number of piperidine rings is 1. The summed E-state index contributed by atoms with van der Waals surface area (Å²) in [5.41, 5.74) is 4.91. The molecule has 1 aliphatic heterocycles. The Labute approximate surface area is 120 Å². The van der Waals surface area contributed by atoms with E-state index in [0.29, 0.717) is 19.5 Å². The van der Waals surface area contributed by atoms with Gasteiger partial charge in [-0.1, -0.05) is 20.8 Å². The molecule has 20 heavy (non-hydrogen) atoms. The normalized spacial score (nSPS) is 23.5. The Morgan fingerprint density at radius 3 is 2.50 bits per heavy atom. The van der Waals surface area contributed by atoms with E-state index in [1.807, 2.05) is 20.8 Å². The van der Waals surface area contributed by atoms with E-state index >= 15 is 0 Å². The molecule has 2 unspecified atom stereocenters. The number of carbonyl (C=O) groups is 2. The molecule has 2 atom stereocenters. The number of rotatable bonds is 4. The first-order valence-electron chi connectivity index (χ1n) is 7.20. The molecule has 1 fully saturated rings. The average Bonchev–Trinajstić information content (AvgIpc) is 2.34. The number of aliphatic hydroxyl groups excluding tert-OH is 1. The first-order chi connectivity index (χ1) is 9.24. The molecule has 0 bridgehead atoms. The smallest absolute Gasteiger partial charge is 0.314 e. The van der Waals surface area contributed by atoms with E-state index in [2.05, 4.69) is 5.32 Å². The van der Waals surface area contributed by atoms with E-state index in [0.717, 1.165) is 12.8 Å². The molecule has 4 N–H and O–H groups in total. The summed E-state index contributed by atoms with van der Waals surface area (Å²) in [5.74, 6) is 0.253. The van der Waals surface area contributed by atoms with Crippen LogP contribution in [0.3, 0.4) is 0 Å². The summed E-state index contributed by atoms with van der Waals surface area (Å²) in [4.78, 5) is 25.0. The summed E-state index contributed by atoms with van der Waals surface area (Å²) in [7, 11) is 0. The highest BCUT2D eigenvalue weighted by Gasteiger charge is 2.32. The summed E-state index contributed by atoms with van der Waals surface area (Å²) in [6, 6.07) is -0.514. The molecule has 0 aromatic rings. The van der Waals surface area contributed by atoms with Gasteiger partial charge >= 0.3 is 6.03 Å². The Morgan fingerprint density at radius 1 is 1.35 bits per heavy atom. The quantitative estimate of drug-likeness (QED) is 0.709. The van der Waals surface area contributed by atoms with Gasteiger partial charge in [0, 0.05) is 31.2 Å². The zero-order valence-corrected chi connectivity index (χ0v) is 12.7. The Balaban J connectivity index is 2.64. The Hall–Kier alpha value is -1.30. The highest BCUT2D eigenvalue weighted by Crippen LogP contribution is 2.22. The van der Waals surface area contributed by atoms with E-state index in [9.17, 15) is 9.59 Å². The van der Waals surface area contributed by atoms with Crippen LogP contribution in [0.1, 0.15) is 40.0 Å². The number of hydrogen-bond acceptors (Lipinski definition) is 3.